The van der Waals surface area contributed by atoms with Crippen LogP contribution in [-0.2, 0) is 10.0 Å². The lowest BCUT2D eigenvalue weighted by atomic mass is 9.98. The van der Waals surface area contributed by atoms with Gasteiger partial charge < -0.3 is 5.11 Å². The summed E-state index contributed by atoms with van der Waals surface area (Å²) >= 11 is 0.907. The molecule has 5 nitrogen and oxygen atoms in total. The molecular weight excluding hydrogens is 274 g/mol. The van der Waals surface area contributed by atoms with E-state index in [0.717, 1.165) is 11.3 Å². The normalized spacial score (nSPS) is 12.6. The number of sulfonamides is 1. The van der Waals surface area contributed by atoms with Crippen molar-refractivity contribution in [2.45, 2.75) is 44.0 Å². The van der Waals surface area contributed by atoms with Crippen LogP contribution >= 0.6 is 11.3 Å². The molecule has 0 atom stereocenters. The molecule has 102 valence electrons. The standard InChI is InChI=1S/C11H17NO4S2/c1-4-11(3,5-2)12-18(15,16)8-6-9(10(13)14)17-7-8/h6-7,12H,4-5H2,1-3H3,(H,13,14). The zero-order valence-corrected chi connectivity index (χ0v) is 12.2. The minimum atomic E-state index is -3.66. The summed E-state index contributed by atoms with van der Waals surface area (Å²) in [6.07, 6.45) is 1.33. The minimum absolute atomic E-state index is 0.0121. The van der Waals surface area contributed by atoms with Crippen molar-refractivity contribution < 1.29 is 18.3 Å². The Morgan fingerprint density at radius 2 is 2.00 bits per heavy atom. The Morgan fingerprint density at radius 1 is 1.44 bits per heavy atom. The summed E-state index contributed by atoms with van der Waals surface area (Å²) in [4.78, 5) is 10.8. The molecule has 0 fully saturated rings. The summed E-state index contributed by atoms with van der Waals surface area (Å²) < 4.78 is 26.8. The summed E-state index contributed by atoms with van der Waals surface area (Å²) in [6.45, 7) is 5.64. The van der Waals surface area contributed by atoms with Crippen LogP contribution in [0.1, 0.15) is 43.3 Å². The van der Waals surface area contributed by atoms with E-state index >= 15 is 0 Å². The Bertz CT molecular complexity index is 529. The number of nitrogens with one attached hydrogen (secondary N) is 1. The molecule has 1 rings (SSSR count). The molecule has 1 aromatic heterocycles. The van der Waals surface area contributed by atoms with E-state index in [9.17, 15) is 13.2 Å². The molecule has 0 aromatic carbocycles. The third-order valence-electron chi connectivity index (χ3n) is 3.04. The van der Waals surface area contributed by atoms with Gasteiger partial charge in [0.15, 0.2) is 0 Å². The topological polar surface area (TPSA) is 83.5 Å². The fourth-order valence-electron chi connectivity index (χ4n) is 1.35. The van der Waals surface area contributed by atoms with Crippen LogP contribution in [0, 0.1) is 0 Å². The summed E-state index contributed by atoms with van der Waals surface area (Å²) in [5.41, 5.74) is -0.510. The Labute approximate surface area is 111 Å². The molecule has 0 radical (unpaired) electrons. The maximum absolute atomic E-state index is 12.1. The number of thiophene rings is 1. The van der Waals surface area contributed by atoms with Crippen molar-refractivity contribution in [3.8, 4) is 0 Å². The van der Waals surface area contributed by atoms with Crippen molar-refractivity contribution >= 4 is 27.3 Å². The molecule has 0 aliphatic carbocycles. The van der Waals surface area contributed by atoms with Crippen LogP contribution < -0.4 is 4.72 Å². The van der Waals surface area contributed by atoms with Gasteiger partial charge in [-0.1, -0.05) is 13.8 Å². The first kappa shape index (κ1) is 15.1. The van der Waals surface area contributed by atoms with Crippen molar-refractivity contribution in [3.63, 3.8) is 0 Å². The van der Waals surface area contributed by atoms with Gasteiger partial charge in [0.25, 0.3) is 0 Å². The second-order valence-corrected chi connectivity index (χ2v) is 6.92. The lowest BCUT2D eigenvalue weighted by Crippen LogP contribution is -2.44. The van der Waals surface area contributed by atoms with Gasteiger partial charge in [-0.25, -0.2) is 17.9 Å². The molecule has 0 saturated carbocycles. The van der Waals surface area contributed by atoms with Crippen LogP contribution in [0.5, 0.6) is 0 Å². The number of carbonyl (C=O) groups is 1. The lowest BCUT2D eigenvalue weighted by molar-refractivity contribution is 0.0702. The quantitative estimate of drug-likeness (QED) is 0.842. The monoisotopic (exact) mass is 291 g/mol. The number of hydrogen-bond acceptors (Lipinski definition) is 4. The highest BCUT2D eigenvalue weighted by Crippen LogP contribution is 2.23. The molecule has 7 heteroatoms. The van der Waals surface area contributed by atoms with Gasteiger partial charge in [-0.2, -0.15) is 0 Å². The molecule has 2 N–H and O–H groups in total. The molecule has 0 spiro atoms. The summed E-state index contributed by atoms with van der Waals surface area (Å²) in [6, 6.07) is 1.18. The van der Waals surface area contributed by atoms with E-state index in [4.69, 9.17) is 5.11 Å². The van der Waals surface area contributed by atoms with Crippen molar-refractivity contribution in [2.24, 2.45) is 0 Å². The van der Waals surface area contributed by atoms with Crippen LogP contribution in [0.25, 0.3) is 0 Å². The van der Waals surface area contributed by atoms with Gasteiger partial charge in [-0.05, 0) is 25.8 Å². The predicted molar refractivity (Wildman–Crippen MR) is 70.6 cm³/mol. The SMILES string of the molecule is CCC(C)(CC)NS(=O)(=O)c1csc(C(=O)O)c1. The molecule has 18 heavy (non-hydrogen) atoms. The molecule has 1 aromatic rings. The second-order valence-electron chi connectivity index (χ2n) is 4.33. The maximum atomic E-state index is 12.1. The van der Waals surface area contributed by atoms with Crippen molar-refractivity contribution in [1.82, 2.24) is 4.72 Å². The average Bonchev–Trinajstić information content (AvgIpc) is 2.78. The van der Waals surface area contributed by atoms with Gasteiger partial charge >= 0.3 is 5.97 Å². The first-order valence-corrected chi connectivity index (χ1v) is 7.96. The number of carboxylic acids is 1. The van der Waals surface area contributed by atoms with Crippen molar-refractivity contribution in [3.05, 3.63) is 16.3 Å². The predicted octanol–water partition coefficient (Wildman–Crippen LogP) is 2.30. The summed E-state index contributed by atoms with van der Waals surface area (Å²) in [5, 5.41) is 10.1. The number of hydrogen-bond donors (Lipinski definition) is 2. The van der Waals surface area contributed by atoms with E-state index in [0.29, 0.717) is 12.8 Å². The van der Waals surface area contributed by atoms with Gasteiger partial charge in [-0.15, -0.1) is 11.3 Å². The highest BCUT2D eigenvalue weighted by molar-refractivity contribution is 7.89. The van der Waals surface area contributed by atoms with Gasteiger partial charge in [0, 0.05) is 10.9 Å². The zero-order chi connectivity index (χ0) is 14.0. The molecule has 0 saturated heterocycles. The minimum Gasteiger partial charge on any atom is -0.477 e. The highest BCUT2D eigenvalue weighted by atomic mass is 32.2. The van der Waals surface area contributed by atoms with Gasteiger partial charge in [-0.3, -0.25) is 0 Å². The number of carboxylic acid groups (broad SMARTS) is 1. The number of aromatic carboxylic acids is 1. The van der Waals surface area contributed by atoms with Gasteiger partial charge in [0.2, 0.25) is 10.0 Å². The highest BCUT2D eigenvalue weighted by Gasteiger charge is 2.28. The first-order valence-electron chi connectivity index (χ1n) is 5.60. The Balaban J connectivity index is 3.03. The molecule has 0 aliphatic rings. The molecule has 0 bridgehead atoms. The van der Waals surface area contributed by atoms with E-state index in [1.807, 2.05) is 20.8 Å². The van der Waals surface area contributed by atoms with Gasteiger partial charge in [0.1, 0.15) is 4.88 Å². The molecular formula is C11H17NO4S2. The lowest BCUT2D eigenvalue weighted by Gasteiger charge is -2.27. The summed E-state index contributed by atoms with van der Waals surface area (Å²) in [7, 11) is -3.66. The second kappa shape index (κ2) is 5.38. The average molecular weight is 291 g/mol. The summed E-state index contributed by atoms with van der Waals surface area (Å²) in [5.74, 6) is -1.12. The van der Waals surface area contributed by atoms with E-state index < -0.39 is 21.5 Å². The Kier molecular flexibility index (Phi) is 4.52. The molecule has 1 heterocycles. The largest absolute Gasteiger partial charge is 0.477 e. The fraction of sp³-hybridized carbons (Fsp3) is 0.545. The van der Waals surface area contributed by atoms with E-state index in [1.165, 1.54) is 11.4 Å². The van der Waals surface area contributed by atoms with Crippen LogP contribution in [0.3, 0.4) is 0 Å². The Morgan fingerprint density at radius 3 is 2.39 bits per heavy atom. The maximum Gasteiger partial charge on any atom is 0.345 e. The van der Waals surface area contributed by atoms with Crippen LogP contribution in [0.4, 0.5) is 0 Å². The van der Waals surface area contributed by atoms with Gasteiger partial charge in [0.05, 0.1) is 4.90 Å². The third kappa shape index (κ3) is 3.30. The van der Waals surface area contributed by atoms with Crippen molar-refractivity contribution in [1.29, 1.82) is 0 Å². The smallest absolute Gasteiger partial charge is 0.345 e. The van der Waals surface area contributed by atoms with E-state index in [1.54, 1.807) is 0 Å². The van der Waals surface area contributed by atoms with E-state index in [2.05, 4.69) is 4.72 Å². The first-order chi connectivity index (χ1) is 8.24. The third-order valence-corrected chi connectivity index (χ3v) is 5.72. The van der Waals surface area contributed by atoms with Crippen LogP contribution in [-0.4, -0.2) is 25.0 Å². The number of rotatable bonds is 6. The molecule has 0 amide bonds. The molecule has 0 unspecified atom stereocenters. The van der Waals surface area contributed by atoms with Crippen LogP contribution in [0.2, 0.25) is 0 Å². The Hall–Kier alpha value is -0.920. The fourth-order valence-corrected chi connectivity index (χ4v) is 4.01. The molecule has 0 aliphatic heterocycles. The zero-order valence-electron chi connectivity index (χ0n) is 10.6. The van der Waals surface area contributed by atoms with Crippen molar-refractivity contribution in [2.75, 3.05) is 0 Å². The van der Waals surface area contributed by atoms with Crippen LogP contribution in [0.15, 0.2) is 16.3 Å². The van der Waals surface area contributed by atoms with E-state index in [-0.39, 0.29) is 9.77 Å².